The smallest absolute Gasteiger partial charge is 0.191 e. The van der Waals surface area contributed by atoms with Gasteiger partial charge >= 0.3 is 0 Å². The molecule has 0 radical (unpaired) electrons. The van der Waals surface area contributed by atoms with Gasteiger partial charge in [0.25, 0.3) is 0 Å². The van der Waals surface area contributed by atoms with E-state index in [2.05, 4.69) is 61.3 Å². The van der Waals surface area contributed by atoms with E-state index in [9.17, 15) is 0 Å². The predicted octanol–water partition coefficient (Wildman–Crippen LogP) is 3.48. The zero-order valence-corrected chi connectivity index (χ0v) is 22.4. The van der Waals surface area contributed by atoms with E-state index in [0.29, 0.717) is 6.04 Å². The van der Waals surface area contributed by atoms with Crippen molar-refractivity contribution in [1.29, 1.82) is 0 Å². The average Bonchev–Trinajstić information content (AvgIpc) is 3.03. The van der Waals surface area contributed by atoms with Gasteiger partial charge in [-0.25, -0.2) is 4.98 Å². The lowest BCUT2D eigenvalue weighted by molar-refractivity contribution is 0.459. The third-order valence-corrected chi connectivity index (χ3v) is 6.41. The Morgan fingerprint density at radius 2 is 1.97 bits per heavy atom. The number of nitrogens with one attached hydrogen (secondary N) is 2. The van der Waals surface area contributed by atoms with Crippen LogP contribution < -0.4 is 15.5 Å². The molecule has 0 aliphatic carbocycles. The fourth-order valence-electron chi connectivity index (χ4n) is 4.57. The van der Waals surface area contributed by atoms with Crippen LogP contribution in [0.4, 0.5) is 5.82 Å². The van der Waals surface area contributed by atoms with E-state index in [1.165, 1.54) is 30.7 Å². The Labute approximate surface area is 215 Å². The predicted molar refractivity (Wildman–Crippen MR) is 145 cm³/mol. The number of fused-ring (bicyclic) bond motifs is 1. The molecule has 2 aromatic rings. The Bertz CT molecular complexity index is 871. The maximum Gasteiger partial charge on any atom is 0.191 e. The summed E-state index contributed by atoms with van der Waals surface area (Å²) in [5.74, 6) is 4.32. The van der Waals surface area contributed by atoms with Gasteiger partial charge < -0.3 is 20.1 Å². The van der Waals surface area contributed by atoms with Crippen LogP contribution in [0.2, 0.25) is 0 Å². The molecule has 0 spiro atoms. The third-order valence-electron chi connectivity index (χ3n) is 6.41. The van der Waals surface area contributed by atoms with Crippen LogP contribution in [-0.4, -0.2) is 57.9 Å². The van der Waals surface area contributed by atoms with Crippen LogP contribution in [0.15, 0.2) is 23.3 Å². The molecule has 0 atom stereocenters. The summed E-state index contributed by atoms with van der Waals surface area (Å²) in [5.41, 5.74) is 1.20. The van der Waals surface area contributed by atoms with Gasteiger partial charge in [-0.2, -0.15) is 0 Å². The normalized spacial score (nSPS) is 17.2. The first-order valence-corrected chi connectivity index (χ1v) is 12.4. The second-order valence-electron chi connectivity index (χ2n) is 8.96. The second kappa shape index (κ2) is 13.1. The van der Waals surface area contributed by atoms with Crippen LogP contribution in [-0.2, 0) is 19.4 Å². The highest BCUT2D eigenvalue weighted by atomic mass is 127. The summed E-state index contributed by atoms with van der Waals surface area (Å²) >= 11 is 0. The number of guanidine groups is 1. The number of pyridine rings is 1. The van der Waals surface area contributed by atoms with Crippen molar-refractivity contribution in [1.82, 2.24) is 30.4 Å². The van der Waals surface area contributed by atoms with Gasteiger partial charge in [0.05, 0.1) is 0 Å². The van der Waals surface area contributed by atoms with Crippen molar-refractivity contribution in [2.24, 2.45) is 4.99 Å². The molecule has 1 fully saturated rings. The molecule has 33 heavy (non-hydrogen) atoms. The standard InChI is InChI=1S/C24H38N8.HI/c1-3-25-24(26-14-7-9-23-30-29-22-8-5-4-6-15-32(22)23)28-20-12-16-31(17-13-20)21-11-10-19(2)18-27-21;/h10-11,18,20H,3-9,12-17H2,1-2H3,(H2,25,26,28);1H. The highest BCUT2D eigenvalue weighted by molar-refractivity contribution is 14.0. The molecular formula is C24H39IN8. The van der Waals surface area contributed by atoms with Gasteiger partial charge in [0.1, 0.15) is 17.5 Å². The molecule has 2 aliphatic heterocycles. The van der Waals surface area contributed by atoms with Crippen LogP contribution in [0.25, 0.3) is 0 Å². The minimum absolute atomic E-state index is 0. The molecule has 0 amide bonds. The van der Waals surface area contributed by atoms with Crippen LogP contribution in [0.3, 0.4) is 0 Å². The lowest BCUT2D eigenvalue weighted by Gasteiger charge is -2.33. The first-order chi connectivity index (χ1) is 15.7. The van der Waals surface area contributed by atoms with Crippen molar-refractivity contribution in [3.8, 4) is 0 Å². The number of hydrogen-bond acceptors (Lipinski definition) is 5. The topological polar surface area (TPSA) is 83.3 Å². The highest BCUT2D eigenvalue weighted by Crippen LogP contribution is 2.18. The van der Waals surface area contributed by atoms with Gasteiger partial charge in [-0.1, -0.05) is 12.5 Å². The summed E-state index contributed by atoms with van der Waals surface area (Å²) in [6.45, 7) is 8.97. The Morgan fingerprint density at radius 3 is 2.73 bits per heavy atom. The third kappa shape index (κ3) is 7.28. The van der Waals surface area contributed by atoms with E-state index >= 15 is 0 Å². The van der Waals surface area contributed by atoms with Gasteiger partial charge in [-0.15, -0.1) is 34.2 Å². The number of nitrogens with zero attached hydrogens (tertiary/aromatic N) is 6. The molecule has 8 nitrogen and oxygen atoms in total. The molecule has 0 saturated carbocycles. The largest absolute Gasteiger partial charge is 0.357 e. The fraction of sp³-hybridized carbons (Fsp3) is 0.667. The van der Waals surface area contributed by atoms with Crippen molar-refractivity contribution in [2.45, 2.75) is 77.8 Å². The minimum Gasteiger partial charge on any atom is -0.357 e. The summed E-state index contributed by atoms with van der Waals surface area (Å²) < 4.78 is 2.34. The Kier molecular flexibility index (Phi) is 10.2. The van der Waals surface area contributed by atoms with E-state index in [-0.39, 0.29) is 24.0 Å². The lowest BCUT2D eigenvalue weighted by Crippen LogP contribution is -2.49. The van der Waals surface area contributed by atoms with Gasteiger partial charge in [-0.3, -0.25) is 4.99 Å². The lowest BCUT2D eigenvalue weighted by atomic mass is 10.1. The number of aromatic nitrogens is 4. The van der Waals surface area contributed by atoms with Crippen molar-refractivity contribution in [3.05, 3.63) is 35.5 Å². The molecule has 2 aromatic heterocycles. The number of rotatable bonds is 7. The van der Waals surface area contributed by atoms with Crippen molar-refractivity contribution in [2.75, 3.05) is 31.1 Å². The van der Waals surface area contributed by atoms with E-state index in [1.807, 2.05) is 6.20 Å². The zero-order chi connectivity index (χ0) is 22.2. The molecule has 182 valence electrons. The molecular weight excluding hydrogens is 527 g/mol. The van der Waals surface area contributed by atoms with E-state index in [1.54, 1.807) is 0 Å². The number of hydrogen-bond donors (Lipinski definition) is 2. The van der Waals surface area contributed by atoms with Gasteiger partial charge in [-0.05, 0) is 57.6 Å². The molecule has 4 rings (SSSR count). The summed E-state index contributed by atoms with van der Waals surface area (Å²) in [7, 11) is 0. The van der Waals surface area contributed by atoms with E-state index in [4.69, 9.17) is 4.99 Å². The molecule has 0 bridgehead atoms. The van der Waals surface area contributed by atoms with Crippen LogP contribution in [0.1, 0.15) is 62.7 Å². The van der Waals surface area contributed by atoms with Gasteiger partial charge in [0.2, 0.25) is 0 Å². The van der Waals surface area contributed by atoms with Gasteiger partial charge in [0, 0.05) is 57.8 Å². The number of aliphatic imine (C=N–C) groups is 1. The summed E-state index contributed by atoms with van der Waals surface area (Å²) in [6.07, 6.45) is 10.9. The summed E-state index contributed by atoms with van der Waals surface area (Å²) in [5, 5.41) is 15.9. The quantitative estimate of drug-likeness (QED) is 0.231. The Morgan fingerprint density at radius 1 is 1.12 bits per heavy atom. The van der Waals surface area contributed by atoms with E-state index in [0.717, 1.165) is 82.4 Å². The molecule has 2 aliphatic rings. The van der Waals surface area contributed by atoms with Crippen molar-refractivity contribution >= 4 is 35.8 Å². The number of piperidine rings is 1. The highest BCUT2D eigenvalue weighted by Gasteiger charge is 2.21. The maximum atomic E-state index is 4.84. The van der Waals surface area contributed by atoms with Crippen molar-refractivity contribution in [3.63, 3.8) is 0 Å². The monoisotopic (exact) mass is 566 g/mol. The minimum atomic E-state index is 0. The summed E-state index contributed by atoms with van der Waals surface area (Å²) in [4.78, 5) is 11.8. The molecule has 9 heteroatoms. The SMILES string of the molecule is CCNC(=NCCCc1nnc2n1CCCCC2)NC1CCN(c2ccc(C)cn2)CC1.I. The molecule has 2 N–H and O–H groups in total. The first-order valence-electron chi connectivity index (χ1n) is 12.4. The van der Waals surface area contributed by atoms with Crippen LogP contribution in [0, 0.1) is 6.92 Å². The van der Waals surface area contributed by atoms with Crippen LogP contribution in [0.5, 0.6) is 0 Å². The molecule has 0 unspecified atom stereocenters. The van der Waals surface area contributed by atoms with E-state index < -0.39 is 0 Å². The molecule has 4 heterocycles. The van der Waals surface area contributed by atoms with Crippen molar-refractivity contribution < 1.29 is 0 Å². The first kappa shape index (κ1) is 25.7. The Balaban J connectivity index is 0.00000306. The fourth-order valence-corrected chi connectivity index (χ4v) is 4.57. The van der Waals surface area contributed by atoms with Crippen LogP contribution >= 0.6 is 24.0 Å². The molecule has 0 aromatic carbocycles. The average molecular weight is 567 g/mol. The van der Waals surface area contributed by atoms with Gasteiger partial charge in [0.15, 0.2) is 5.96 Å². The Hall–Kier alpha value is -1.91. The number of aryl methyl sites for hydroxylation is 3. The number of halogens is 1. The summed E-state index contributed by atoms with van der Waals surface area (Å²) in [6, 6.07) is 4.71. The maximum absolute atomic E-state index is 4.84. The second-order valence-corrected chi connectivity index (χ2v) is 8.96. The zero-order valence-electron chi connectivity index (χ0n) is 20.1. The number of anilines is 1. The molecule has 1 saturated heterocycles.